The van der Waals surface area contributed by atoms with Crippen molar-refractivity contribution in [2.24, 2.45) is 5.16 Å². The van der Waals surface area contributed by atoms with E-state index in [-0.39, 0.29) is 13.0 Å². The summed E-state index contributed by atoms with van der Waals surface area (Å²) in [5.41, 5.74) is -0.491. The normalized spacial score (nSPS) is 18.7. The number of ether oxygens (including phenoxy) is 3. The number of nitrogens with zero attached hydrogens (tertiary/aromatic N) is 2. The van der Waals surface area contributed by atoms with Crippen molar-refractivity contribution in [1.82, 2.24) is 0 Å². The molecule has 0 aromatic heterocycles. The second-order valence-corrected chi connectivity index (χ2v) is 7.13. The fourth-order valence-electron chi connectivity index (χ4n) is 3.47. The fourth-order valence-corrected chi connectivity index (χ4v) is 3.47. The Morgan fingerprint density at radius 2 is 1.97 bits per heavy atom. The monoisotopic (exact) mass is 437 g/mol. The summed E-state index contributed by atoms with van der Waals surface area (Å²) >= 11 is 0. The third-order valence-electron chi connectivity index (χ3n) is 4.92. The van der Waals surface area contributed by atoms with E-state index < -0.39 is 23.9 Å². The van der Waals surface area contributed by atoms with Gasteiger partial charge in [-0.05, 0) is 24.3 Å². The molecule has 164 valence electrons. The molecule has 2 aromatic carbocycles. The number of rotatable bonds is 7. The molecule has 2 aromatic rings. The second-order valence-electron chi connectivity index (χ2n) is 7.13. The summed E-state index contributed by atoms with van der Waals surface area (Å²) in [6.45, 7) is 0.658. The number of anilines is 1. The SMILES string of the molecule is N#CCOc1ccccc1C1=NOC(CC(=O)O)(C(=O)Nc2ccc3c(c2)OCCO3)C1. The molecule has 4 rings (SSSR count). The van der Waals surface area contributed by atoms with Crippen molar-refractivity contribution >= 4 is 23.3 Å². The number of benzene rings is 2. The van der Waals surface area contributed by atoms with Crippen molar-refractivity contribution in [1.29, 1.82) is 5.26 Å². The van der Waals surface area contributed by atoms with Crippen LogP contribution in [-0.2, 0) is 14.4 Å². The summed E-state index contributed by atoms with van der Waals surface area (Å²) in [4.78, 5) is 30.2. The van der Waals surface area contributed by atoms with Crippen molar-refractivity contribution in [2.75, 3.05) is 25.1 Å². The Balaban J connectivity index is 1.56. The lowest BCUT2D eigenvalue weighted by Crippen LogP contribution is -2.45. The topological polar surface area (TPSA) is 139 Å². The van der Waals surface area contributed by atoms with E-state index >= 15 is 0 Å². The minimum absolute atomic E-state index is 0.0946. The maximum atomic E-state index is 13.2. The first-order valence-electron chi connectivity index (χ1n) is 9.78. The van der Waals surface area contributed by atoms with Gasteiger partial charge in [-0.25, -0.2) is 0 Å². The molecule has 0 radical (unpaired) electrons. The summed E-state index contributed by atoms with van der Waals surface area (Å²) < 4.78 is 16.4. The molecule has 0 aliphatic carbocycles. The molecule has 2 N–H and O–H groups in total. The van der Waals surface area contributed by atoms with Crippen molar-refractivity contribution < 1.29 is 33.7 Å². The predicted molar refractivity (Wildman–Crippen MR) is 111 cm³/mol. The number of carboxylic acid groups (broad SMARTS) is 1. The van der Waals surface area contributed by atoms with E-state index in [1.807, 2.05) is 6.07 Å². The average molecular weight is 437 g/mol. The highest BCUT2D eigenvalue weighted by Gasteiger charge is 2.49. The highest BCUT2D eigenvalue weighted by atomic mass is 16.7. The number of hydrogen-bond donors (Lipinski definition) is 2. The van der Waals surface area contributed by atoms with E-state index in [4.69, 9.17) is 24.3 Å². The van der Waals surface area contributed by atoms with Crippen LogP contribution in [0.3, 0.4) is 0 Å². The lowest BCUT2D eigenvalue weighted by Gasteiger charge is -2.24. The highest BCUT2D eigenvalue weighted by molar-refractivity contribution is 6.10. The van der Waals surface area contributed by atoms with Crippen LogP contribution in [0.2, 0.25) is 0 Å². The molecular formula is C22H19N3O7. The maximum Gasteiger partial charge on any atom is 0.308 e. The van der Waals surface area contributed by atoms with Crippen molar-refractivity contribution in [3.8, 4) is 23.3 Å². The first kappa shape index (κ1) is 21.0. The third-order valence-corrected chi connectivity index (χ3v) is 4.92. The molecule has 0 spiro atoms. The van der Waals surface area contributed by atoms with E-state index in [1.54, 1.807) is 42.5 Å². The fraction of sp³-hybridized carbons (Fsp3) is 0.273. The van der Waals surface area contributed by atoms with Gasteiger partial charge in [0, 0.05) is 23.7 Å². The number of nitrogens with one attached hydrogen (secondary N) is 1. The van der Waals surface area contributed by atoms with Crippen LogP contribution in [0, 0.1) is 11.3 Å². The van der Waals surface area contributed by atoms with Gasteiger partial charge in [0.2, 0.25) is 5.60 Å². The van der Waals surface area contributed by atoms with Gasteiger partial charge in [-0.1, -0.05) is 17.3 Å². The van der Waals surface area contributed by atoms with Gasteiger partial charge in [-0.3, -0.25) is 9.59 Å². The molecule has 1 amide bonds. The number of para-hydroxylation sites is 1. The van der Waals surface area contributed by atoms with E-state index in [1.165, 1.54) is 0 Å². The first-order chi connectivity index (χ1) is 15.5. The zero-order valence-corrected chi connectivity index (χ0v) is 16.9. The van der Waals surface area contributed by atoms with Crippen molar-refractivity contribution in [2.45, 2.75) is 18.4 Å². The second kappa shape index (κ2) is 8.85. The molecule has 0 saturated carbocycles. The molecule has 0 saturated heterocycles. The van der Waals surface area contributed by atoms with Crippen LogP contribution in [0.5, 0.6) is 17.2 Å². The maximum absolute atomic E-state index is 13.2. The van der Waals surface area contributed by atoms with Crippen LogP contribution in [0.25, 0.3) is 0 Å². The number of oxime groups is 1. The molecule has 2 aliphatic heterocycles. The van der Waals surface area contributed by atoms with Gasteiger partial charge in [-0.15, -0.1) is 0 Å². The minimum atomic E-state index is -1.75. The number of hydrogen-bond acceptors (Lipinski definition) is 8. The van der Waals surface area contributed by atoms with Crippen LogP contribution in [0.15, 0.2) is 47.6 Å². The predicted octanol–water partition coefficient (Wildman–Crippen LogP) is 2.34. The van der Waals surface area contributed by atoms with Crippen LogP contribution < -0.4 is 19.5 Å². The lowest BCUT2D eigenvalue weighted by molar-refractivity contribution is -0.152. The summed E-state index contributed by atoms with van der Waals surface area (Å²) in [5, 5.41) is 24.9. The Morgan fingerprint density at radius 3 is 2.75 bits per heavy atom. The zero-order valence-electron chi connectivity index (χ0n) is 16.9. The van der Waals surface area contributed by atoms with Crippen LogP contribution >= 0.6 is 0 Å². The van der Waals surface area contributed by atoms with Crippen molar-refractivity contribution in [3.63, 3.8) is 0 Å². The van der Waals surface area contributed by atoms with E-state index in [2.05, 4.69) is 10.5 Å². The van der Waals surface area contributed by atoms with Crippen LogP contribution in [0.1, 0.15) is 18.4 Å². The number of aliphatic carboxylic acids is 1. The molecule has 0 bridgehead atoms. The van der Waals surface area contributed by atoms with E-state index in [0.29, 0.717) is 47.4 Å². The van der Waals surface area contributed by atoms with Gasteiger partial charge in [-0.2, -0.15) is 5.26 Å². The molecule has 10 heteroatoms. The Labute approximate surface area is 182 Å². The summed E-state index contributed by atoms with van der Waals surface area (Å²) in [7, 11) is 0. The Hall–Kier alpha value is -4.26. The standard InChI is InChI=1S/C22H19N3O7/c23-7-8-29-17-4-2-1-3-15(17)16-12-22(32-25-16,13-20(26)27)21(28)24-14-5-6-18-19(11-14)31-10-9-30-18/h1-6,11H,8-10,12-13H2,(H,24,28)(H,26,27). The van der Waals surface area contributed by atoms with E-state index in [0.717, 1.165) is 0 Å². The largest absolute Gasteiger partial charge is 0.486 e. The van der Waals surface area contributed by atoms with E-state index in [9.17, 15) is 14.7 Å². The lowest BCUT2D eigenvalue weighted by atomic mass is 9.89. The van der Waals surface area contributed by atoms with Gasteiger partial charge in [0.15, 0.2) is 18.1 Å². The Bertz CT molecular complexity index is 1120. The number of carboxylic acids is 1. The molecule has 2 heterocycles. The van der Waals surface area contributed by atoms with Gasteiger partial charge in [0.1, 0.15) is 25.0 Å². The molecule has 0 fully saturated rings. The summed E-state index contributed by atoms with van der Waals surface area (Å²) in [6.07, 6.45) is -0.694. The van der Waals surface area contributed by atoms with Gasteiger partial charge in [0.25, 0.3) is 5.91 Å². The van der Waals surface area contributed by atoms with Crippen molar-refractivity contribution in [3.05, 3.63) is 48.0 Å². The number of nitriles is 1. The van der Waals surface area contributed by atoms with Gasteiger partial charge >= 0.3 is 5.97 Å². The molecular weight excluding hydrogens is 418 g/mol. The number of carbonyl (C=O) groups is 2. The zero-order chi connectivity index (χ0) is 22.6. The van der Waals surface area contributed by atoms with Gasteiger partial charge in [0.05, 0.1) is 12.1 Å². The quantitative estimate of drug-likeness (QED) is 0.673. The molecule has 1 atom stereocenters. The Morgan fingerprint density at radius 1 is 1.19 bits per heavy atom. The smallest absolute Gasteiger partial charge is 0.308 e. The third kappa shape index (κ3) is 4.27. The summed E-state index contributed by atoms with van der Waals surface area (Å²) in [5.74, 6) is -0.450. The first-order valence-corrected chi connectivity index (χ1v) is 9.78. The highest BCUT2D eigenvalue weighted by Crippen LogP contribution is 2.36. The minimum Gasteiger partial charge on any atom is -0.486 e. The van der Waals surface area contributed by atoms with Crippen LogP contribution in [-0.4, -0.2) is 48.1 Å². The van der Waals surface area contributed by atoms with Gasteiger partial charge < -0.3 is 29.5 Å². The number of amides is 1. The van der Waals surface area contributed by atoms with Crippen LogP contribution in [0.4, 0.5) is 5.69 Å². The molecule has 1 unspecified atom stereocenters. The molecule has 10 nitrogen and oxygen atoms in total. The summed E-state index contributed by atoms with van der Waals surface area (Å²) in [6, 6.07) is 13.6. The molecule has 32 heavy (non-hydrogen) atoms. The Kier molecular flexibility index (Phi) is 5.81. The molecule has 2 aliphatic rings. The number of fused-ring (bicyclic) bond motifs is 1. The number of carbonyl (C=O) groups excluding carboxylic acids is 1. The average Bonchev–Trinajstić information content (AvgIpc) is 3.22.